The van der Waals surface area contributed by atoms with Crippen molar-refractivity contribution in [1.82, 2.24) is 9.78 Å². The zero-order chi connectivity index (χ0) is 15.2. The zero-order valence-corrected chi connectivity index (χ0v) is 13.9. The predicted octanol–water partition coefficient (Wildman–Crippen LogP) is 2.31. The smallest absolute Gasteiger partial charge is 0.175 e. The Labute approximate surface area is 133 Å². The Balaban J connectivity index is 2.06. The van der Waals surface area contributed by atoms with Crippen molar-refractivity contribution in [3.05, 3.63) is 40.1 Å². The van der Waals surface area contributed by atoms with Gasteiger partial charge >= 0.3 is 0 Å². The Hall–Kier alpha value is -1.53. The van der Waals surface area contributed by atoms with Crippen LogP contribution in [0.3, 0.4) is 0 Å². The minimum Gasteiger partial charge on any atom is -0.493 e. The average molecular weight is 354 g/mol. The molecule has 0 saturated carbocycles. The van der Waals surface area contributed by atoms with E-state index < -0.39 is 0 Å². The second-order valence-corrected chi connectivity index (χ2v) is 5.55. The van der Waals surface area contributed by atoms with Crippen LogP contribution in [0.2, 0.25) is 0 Å². The van der Waals surface area contributed by atoms with E-state index in [9.17, 15) is 0 Å². The number of nitrogens with zero attached hydrogens (tertiary/aromatic N) is 2. The fourth-order valence-electron chi connectivity index (χ4n) is 2.13. The Morgan fingerprint density at radius 2 is 2.14 bits per heavy atom. The van der Waals surface area contributed by atoms with Crippen LogP contribution in [0.4, 0.5) is 0 Å². The molecule has 0 unspecified atom stereocenters. The van der Waals surface area contributed by atoms with E-state index in [1.807, 2.05) is 29.9 Å². The molecule has 2 N–H and O–H groups in total. The van der Waals surface area contributed by atoms with Crippen LogP contribution in [0.5, 0.6) is 11.5 Å². The highest BCUT2D eigenvalue weighted by Gasteiger charge is 2.12. The summed E-state index contributed by atoms with van der Waals surface area (Å²) in [6.07, 6.45) is 3.38. The van der Waals surface area contributed by atoms with Gasteiger partial charge in [-0.15, -0.1) is 0 Å². The molecule has 0 amide bonds. The molecule has 6 heteroatoms. The van der Waals surface area contributed by atoms with Crippen LogP contribution in [0, 0.1) is 0 Å². The second kappa shape index (κ2) is 7.47. The van der Waals surface area contributed by atoms with Crippen LogP contribution >= 0.6 is 15.9 Å². The summed E-state index contributed by atoms with van der Waals surface area (Å²) in [6.45, 7) is 1.17. The number of benzene rings is 1. The van der Waals surface area contributed by atoms with Crippen LogP contribution < -0.4 is 15.2 Å². The zero-order valence-electron chi connectivity index (χ0n) is 12.3. The number of hydrogen-bond acceptors (Lipinski definition) is 4. The van der Waals surface area contributed by atoms with Crippen molar-refractivity contribution < 1.29 is 9.47 Å². The van der Waals surface area contributed by atoms with Gasteiger partial charge in [-0.1, -0.05) is 0 Å². The lowest BCUT2D eigenvalue weighted by Gasteiger charge is -2.14. The SMILES string of the molecule is COc1cc(CCN)cc(Br)c1OCCc1ccnn1C. The standard InChI is InChI=1S/C15H20BrN3O2/c1-19-12(4-7-18-19)5-8-21-15-13(16)9-11(3-6-17)10-14(15)20-2/h4,7,9-10H,3,5-6,8,17H2,1-2H3. The van der Waals surface area contributed by atoms with Crippen molar-refractivity contribution in [1.29, 1.82) is 0 Å². The third-order valence-electron chi connectivity index (χ3n) is 3.25. The van der Waals surface area contributed by atoms with Crippen LogP contribution in [0.1, 0.15) is 11.3 Å². The van der Waals surface area contributed by atoms with Crippen LogP contribution in [0.15, 0.2) is 28.9 Å². The van der Waals surface area contributed by atoms with Gasteiger partial charge in [0.2, 0.25) is 0 Å². The molecule has 1 heterocycles. The van der Waals surface area contributed by atoms with Gasteiger partial charge < -0.3 is 15.2 Å². The highest BCUT2D eigenvalue weighted by molar-refractivity contribution is 9.10. The van der Waals surface area contributed by atoms with Gasteiger partial charge in [-0.2, -0.15) is 5.10 Å². The maximum Gasteiger partial charge on any atom is 0.175 e. The lowest BCUT2D eigenvalue weighted by atomic mass is 10.1. The molecule has 0 saturated heterocycles. The molecule has 0 atom stereocenters. The molecule has 0 bridgehead atoms. The van der Waals surface area contributed by atoms with Crippen molar-refractivity contribution in [2.24, 2.45) is 12.8 Å². The van der Waals surface area contributed by atoms with Gasteiger partial charge in [0.15, 0.2) is 11.5 Å². The van der Waals surface area contributed by atoms with E-state index >= 15 is 0 Å². The van der Waals surface area contributed by atoms with Gasteiger partial charge in [0.1, 0.15) is 0 Å². The number of aryl methyl sites for hydroxylation is 1. The first kappa shape index (κ1) is 15.9. The van der Waals surface area contributed by atoms with Crippen LogP contribution in [0.25, 0.3) is 0 Å². The van der Waals surface area contributed by atoms with Gasteiger partial charge in [-0.05, 0) is 52.7 Å². The molecule has 114 valence electrons. The van der Waals surface area contributed by atoms with Crippen LogP contribution in [-0.4, -0.2) is 30.0 Å². The Bertz CT molecular complexity index is 599. The quantitative estimate of drug-likeness (QED) is 0.829. The monoisotopic (exact) mass is 353 g/mol. The highest BCUT2D eigenvalue weighted by atomic mass is 79.9. The summed E-state index contributed by atoms with van der Waals surface area (Å²) in [6, 6.07) is 5.98. The minimum atomic E-state index is 0.560. The summed E-state index contributed by atoms with van der Waals surface area (Å²) in [7, 11) is 3.56. The summed E-state index contributed by atoms with van der Waals surface area (Å²) in [4.78, 5) is 0. The summed E-state index contributed by atoms with van der Waals surface area (Å²) >= 11 is 3.54. The molecule has 1 aromatic carbocycles. The molecule has 1 aromatic heterocycles. The molecule has 0 aliphatic heterocycles. The third kappa shape index (κ3) is 3.98. The Morgan fingerprint density at radius 1 is 1.33 bits per heavy atom. The first-order valence-corrected chi connectivity index (χ1v) is 7.61. The first-order valence-electron chi connectivity index (χ1n) is 6.82. The van der Waals surface area contributed by atoms with E-state index in [4.69, 9.17) is 15.2 Å². The largest absolute Gasteiger partial charge is 0.493 e. The van der Waals surface area contributed by atoms with Crippen molar-refractivity contribution in [2.75, 3.05) is 20.3 Å². The number of ether oxygens (including phenoxy) is 2. The number of nitrogens with two attached hydrogens (primary N) is 1. The van der Waals surface area contributed by atoms with E-state index in [0.717, 1.165) is 40.1 Å². The van der Waals surface area contributed by atoms with E-state index in [1.165, 1.54) is 0 Å². The van der Waals surface area contributed by atoms with Gasteiger partial charge in [-0.25, -0.2) is 0 Å². The second-order valence-electron chi connectivity index (χ2n) is 4.69. The summed E-state index contributed by atoms with van der Waals surface area (Å²) < 4.78 is 14.0. The summed E-state index contributed by atoms with van der Waals surface area (Å²) in [5.74, 6) is 1.44. The molecular weight excluding hydrogens is 334 g/mol. The van der Waals surface area contributed by atoms with E-state index in [0.29, 0.717) is 13.2 Å². The van der Waals surface area contributed by atoms with E-state index in [1.54, 1.807) is 13.3 Å². The Kier molecular flexibility index (Phi) is 5.64. The Morgan fingerprint density at radius 3 is 2.76 bits per heavy atom. The summed E-state index contributed by atoms with van der Waals surface area (Å²) in [5, 5.41) is 4.14. The van der Waals surface area contributed by atoms with Crippen molar-refractivity contribution in [3.63, 3.8) is 0 Å². The molecule has 0 spiro atoms. The predicted molar refractivity (Wildman–Crippen MR) is 85.9 cm³/mol. The third-order valence-corrected chi connectivity index (χ3v) is 3.84. The molecule has 0 radical (unpaired) electrons. The van der Waals surface area contributed by atoms with Gasteiger partial charge in [0, 0.05) is 25.4 Å². The molecule has 0 aliphatic carbocycles. The van der Waals surface area contributed by atoms with E-state index in [2.05, 4.69) is 21.0 Å². The normalized spacial score (nSPS) is 10.7. The van der Waals surface area contributed by atoms with Crippen molar-refractivity contribution in [3.8, 4) is 11.5 Å². The van der Waals surface area contributed by atoms with Gasteiger partial charge in [-0.3, -0.25) is 4.68 Å². The van der Waals surface area contributed by atoms with Crippen molar-refractivity contribution >= 4 is 15.9 Å². The summed E-state index contributed by atoms with van der Waals surface area (Å²) in [5.41, 5.74) is 7.85. The number of rotatable bonds is 7. The fraction of sp³-hybridized carbons (Fsp3) is 0.400. The number of hydrogen-bond donors (Lipinski definition) is 1. The minimum absolute atomic E-state index is 0.560. The lowest BCUT2D eigenvalue weighted by Crippen LogP contribution is -2.08. The first-order chi connectivity index (χ1) is 10.2. The topological polar surface area (TPSA) is 62.3 Å². The number of halogens is 1. The molecule has 2 rings (SSSR count). The van der Waals surface area contributed by atoms with Crippen molar-refractivity contribution in [2.45, 2.75) is 12.8 Å². The molecular formula is C15H20BrN3O2. The molecule has 2 aromatic rings. The average Bonchev–Trinajstić information content (AvgIpc) is 2.86. The highest BCUT2D eigenvalue weighted by Crippen LogP contribution is 2.36. The van der Waals surface area contributed by atoms with Gasteiger partial charge in [0.25, 0.3) is 0 Å². The van der Waals surface area contributed by atoms with Crippen LogP contribution in [-0.2, 0) is 19.9 Å². The molecule has 0 fully saturated rings. The maximum atomic E-state index is 5.88. The molecule has 0 aliphatic rings. The lowest BCUT2D eigenvalue weighted by molar-refractivity contribution is 0.293. The molecule has 21 heavy (non-hydrogen) atoms. The number of methoxy groups -OCH3 is 1. The van der Waals surface area contributed by atoms with E-state index in [-0.39, 0.29) is 0 Å². The maximum absolute atomic E-state index is 5.88. The molecule has 5 nitrogen and oxygen atoms in total. The fourth-order valence-corrected chi connectivity index (χ4v) is 2.73. The number of aromatic nitrogens is 2. The van der Waals surface area contributed by atoms with Gasteiger partial charge in [0.05, 0.1) is 18.2 Å².